The fourth-order valence-corrected chi connectivity index (χ4v) is 5.31. The number of ether oxygens (including phenoxy) is 1. The third kappa shape index (κ3) is 4.37. The highest BCUT2D eigenvalue weighted by Gasteiger charge is 2.54. The lowest BCUT2D eigenvalue weighted by atomic mass is 9.87. The first-order valence-corrected chi connectivity index (χ1v) is 11.9. The van der Waals surface area contributed by atoms with Crippen LogP contribution in [0.3, 0.4) is 0 Å². The van der Waals surface area contributed by atoms with Crippen LogP contribution < -0.4 is 10.1 Å². The van der Waals surface area contributed by atoms with Crippen molar-refractivity contribution in [3.05, 3.63) is 29.8 Å². The number of likely N-dealkylation sites (tertiary alicyclic amines) is 1. The van der Waals surface area contributed by atoms with Crippen LogP contribution in [-0.2, 0) is 4.79 Å². The Morgan fingerprint density at radius 1 is 1.21 bits per heavy atom. The van der Waals surface area contributed by atoms with Crippen molar-refractivity contribution >= 4 is 11.8 Å². The fourth-order valence-electron chi connectivity index (χ4n) is 5.31. The molecule has 182 valence electrons. The van der Waals surface area contributed by atoms with Crippen molar-refractivity contribution in [1.29, 1.82) is 0 Å². The van der Waals surface area contributed by atoms with Gasteiger partial charge in [-0.2, -0.15) is 5.10 Å². The van der Waals surface area contributed by atoms with Crippen LogP contribution in [0, 0.1) is 11.7 Å². The van der Waals surface area contributed by atoms with E-state index in [1.807, 2.05) is 4.90 Å². The third-order valence-corrected chi connectivity index (χ3v) is 7.47. The number of nitrogens with one attached hydrogen (secondary N) is 2. The zero-order chi connectivity index (χ0) is 23.9. The molecule has 34 heavy (non-hydrogen) atoms. The first-order chi connectivity index (χ1) is 16.4. The minimum absolute atomic E-state index is 0.0200. The molecule has 2 N–H and O–H groups in total. The summed E-state index contributed by atoms with van der Waals surface area (Å²) in [6.07, 6.45) is 5.59. The van der Waals surface area contributed by atoms with E-state index in [1.165, 1.54) is 19.2 Å². The largest absolute Gasteiger partial charge is 0.481 e. The second-order valence-electron chi connectivity index (χ2n) is 9.70. The number of alkyl halides is 1. The van der Waals surface area contributed by atoms with E-state index in [-0.39, 0.29) is 46.5 Å². The number of nitrogens with zero attached hydrogens (tertiary/aromatic N) is 3. The smallest absolute Gasteiger partial charge is 0.272 e. The molecule has 1 aliphatic heterocycles. The Labute approximate surface area is 196 Å². The Kier molecular flexibility index (Phi) is 5.99. The average Bonchev–Trinajstić information content (AvgIpc) is 3.41. The number of methoxy groups -OCH3 is 1. The van der Waals surface area contributed by atoms with Gasteiger partial charge in [0.05, 0.1) is 19.0 Å². The summed E-state index contributed by atoms with van der Waals surface area (Å²) in [6, 6.07) is 3.02. The molecule has 3 aliphatic rings. The van der Waals surface area contributed by atoms with Crippen LogP contribution in [0.2, 0.25) is 0 Å². The van der Waals surface area contributed by atoms with E-state index in [1.54, 1.807) is 0 Å². The molecule has 8 nitrogen and oxygen atoms in total. The molecule has 3 heterocycles. The summed E-state index contributed by atoms with van der Waals surface area (Å²) in [5.41, 5.74) is 0.455. The molecule has 5 rings (SSSR count). The summed E-state index contributed by atoms with van der Waals surface area (Å²) in [5.74, 6) is -0.631. The lowest BCUT2D eigenvalue weighted by Gasteiger charge is -2.40. The molecule has 1 spiro atoms. The molecule has 0 aromatic carbocycles. The highest BCUT2D eigenvalue weighted by Crippen LogP contribution is 2.50. The van der Waals surface area contributed by atoms with Crippen LogP contribution in [0.5, 0.6) is 5.88 Å². The number of amides is 2. The van der Waals surface area contributed by atoms with E-state index in [2.05, 4.69) is 20.5 Å². The summed E-state index contributed by atoms with van der Waals surface area (Å²) >= 11 is 0. The minimum atomic E-state index is -0.753. The van der Waals surface area contributed by atoms with Gasteiger partial charge in [0, 0.05) is 35.7 Å². The molecule has 2 aromatic rings. The van der Waals surface area contributed by atoms with Gasteiger partial charge in [-0.1, -0.05) is 0 Å². The van der Waals surface area contributed by atoms with Crippen molar-refractivity contribution in [2.24, 2.45) is 5.92 Å². The van der Waals surface area contributed by atoms with E-state index in [9.17, 15) is 18.4 Å². The number of carbonyl (C=O) groups is 2. The quantitative estimate of drug-likeness (QED) is 0.693. The van der Waals surface area contributed by atoms with Gasteiger partial charge in [0.1, 0.15) is 11.9 Å². The number of halogens is 2. The average molecular weight is 474 g/mol. The molecular formula is C24H29F2N5O3. The summed E-state index contributed by atoms with van der Waals surface area (Å²) in [6.45, 7) is 0.472. The summed E-state index contributed by atoms with van der Waals surface area (Å²) in [7, 11) is 1.44. The predicted octanol–water partition coefficient (Wildman–Crippen LogP) is 3.40. The first kappa shape index (κ1) is 22.7. The Hall–Kier alpha value is -3.04. The molecular weight excluding hydrogens is 444 g/mol. The van der Waals surface area contributed by atoms with E-state index < -0.39 is 12.0 Å². The topological polar surface area (TPSA) is 100 Å². The van der Waals surface area contributed by atoms with E-state index >= 15 is 0 Å². The number of aromatic nitrogens is 3. The monoisotopic (exact) mass is 473 g/mol. The van der Waals surface area contributed by atoms with Crippen LogP contribution in [0.25, 0.3) is 11.3 Å². The van der Waals surface area contributed by atoms with Crippen LogP contribution in [0.4, 0.5) is 8.78 Å². The number of carbonyl (C=O) groups excluding carboxylic acids is 2. The van der Waals surface area contributed by atoms with Gasteiger partial charge in [-0.05, 0) is 57.4 Å². The number of hydrogen-bond acceptors (Lipinski definition) is 5. The third-order valence-electron chi connectivity index (χ3n) is 7.47. The zero-order valence-electron chi connectivity index (χ0n) is 19.2. The van der Waals surface area contributed by atoms with Gasteiger partial charge in [-0.15, -0.1) is 0 Å². The van der Waals surface area contributed by atoms with Crippen LogP contribution in [0.15, 0.2) is 18.3 Å². The molecule has 2 saturated carbocycles. The predicted molar refractivity (Wildman–Crippen MR) is 119 cm³/mol. The second kappa shape index (κ2) is 8.96. The highest BCUT2D eigenvalue weighted by atomic mass is 19.1. The molecule has 0 radical (unpaired) electrons. The standard InChI is InChI=1S/C24H29F2N5O3/c1-34-21-10-17(18(26)13-27-21)19-11-20(30-29-19)23(33)31-9-6-14(12-24(31)7-8-24)22(32)28-16-4-2-15(25)3-5-16/h10-11,13-16H,2-9,12H2,1H3,(H,28,32)(H,29,30)/t14-,15?,16?/m0/s1. The van der Waals surface area contributed by atoms with Gasteiger partial charge in [0.15, 0.2) is 5.82 Å². The number of rotatable bonds is 5. The van der Waals surface area contributed by atoms with Crippen molar-refractivity contribution in [2.75, 3.05) is 13.7 Å². The summed E-state index contributed by atoms with van der Waals surface area (Å²) in [4.78, 5) is 31.9. The van der Waals surface area contributed by atoms with Gasteiger partial charge in [-0.25, -0.2) is 13.8 Å². The van der Waals surface area contributed by atoms with Gasteiger partial charge in [0.25, 0.3) is 5.91 Å². The van der Waals surface area contributed by atoms with Gasteiger partial charge >= 0.3 is 0 Å². The van der Waals surface area contributed by atoms with E-state index in [0.717, 1.165) is 19.0 Å². The number of aromatic amines is 1. The Morgan fingerprint density at radius 3 is 2.68 bits per heavy atom. The molecule has 1 atom stereocenters. The Bertz CT molecular complexity index is 1080. The van der Waals surface area contributed by atoms with Crippen molar-refractivity contribution in [2.45, 2.75) is 69.1 Å². The Balaban J connectivity index is 1.25. The van der Waals surface area contributed by atoms with Crippen molar-refractivity contribution in [3.63, 3.8) is 0 Å². The van der Waals surface area contributed by atoms with Crippen molar-refractivity contribution in [3.8, 4) is 17.1 Å². The molecule has 2 aliphatic carbocycles. The minimum Gasteiger partial charge on any atom is -0.481 e. The number of pyridine rings is 1. The lowest BCUT2D eigenvalue weighted by Crippen LogP contribution is -2.52. The highest BCUT2D eigenvalue weighted by molar-refractivity contribution is 5.94. The lowest BCUT2D eigenvalue weighted by molar-refractivity contribution is -0.128. The van der Waals surface area contributed by atoms with Crippen LogP contribution in [-0.4, -0.2) is 63.3 Å². The van der Waals surface area contributed by atoms with Crippen molar-refractivity contribution in [1.82, 2.24) is 25.4 Å². The van der Waals surface area contributed by atoms with E-state index in [0.29, 0.717) is 50.8 Å². The molecule has 2 aromatic heterocycles. The van der Waals surface area contributed by atoms with Crippen LogP contribution in [0.1, 0.15) is 61.9 Å². The maximum absolute atomic E-state index is 14.3. The normalized spacial score (nSPS) is 25.7. The second-order valence-corrected chi connectivity index (χ2v) is 9.70. The number of H-pyrrole nitrogens is 1. The number of hydrogen-bond donors (Lipinski definition) is 2. The molecule has 0 bridgehead atoms. The molecule has 3 fully saturated rings. The SMILES string of the molecule is COc1cc(-c2cc(C(=O)N3CC[C@H](C(=O)NC4CCC(F)CC4)CC34CC4)[nH]n2)c(F)cn1. The van der Waals surface area contributed by atoms with Gasteiger partial charge in [0.2, 0.25) is 11.8 Å². The fraction of sp³-hybridized carbons (Fsp3) is 0.583. The number of piperidine rings is 1. The van der Waals surface area contributed by atoms with Crippen LogP contribution >= 0.6 is 0 Å². The molecule has 2 amide bonds. The molecule has 0 unspecified atom stereocenters. The van der Waals surface area contributed by atoms with Crippen molar-refractivity contribution < 1.29 is 23.1 Å². The molecule has 1 saturated heterocycles. The first-order valence-electron chi connectivity index (χ1n) is 11.9. The zero-order valence-corrected chi connectivity index (χ0v) is 19.2. The maximum atomic E-state index is 14.3. The Morgan fingerprint density at radius 2 is 1.97 bits per heavy atom. The van der Waals surface area contributed by atoms with Gasteiger partial charge in [-0.3, -0.25) is 14.7 Å². The maximum Gasteiger partial charge on any atom is 0.272 e. The van der Waals surface area contributed by atoms with E-state index in [4.69, 9.17) is 4.74 Å². The summed E-state index contributed by atoms with van der Waals surface area (Å²) in [5, 5.41) is 9.99. The molecule has 10 heteroatoms. The van der Waals surface area contributed by atoms with Gasteiger partial charge < -0.3 is 15.0 Å². The summed E-state index contributed by atoms with van der Waals surface area (Å²) < 4.78 is 32.7.